The highest BCUT2D eigenvalue weighted by atomic mass is 19.4. The van der Waals surface area contributed by atoms with Crippen LogP contribution in [0.15, 0.2) is 30.4 Å². The zero-order chi connectivity index (χ0) is 15.1. The third-order valence-electron chi connectivity index (χ3n) is 2.55. The van der Waals surface area contributed by atoms with Crippen molar-refractivity contribution >= 4 is 23.2 Å². The van der Waals surface area contributed by atoms with Crippen molar-refractivity contribution in [3.05, 3.63) is 46.0 Å². The molecule has 1 aliphatic rings. The van der Waals surface area contributed by atoms with Gasteiger partial charge in [0.1, 0.15) is 5.56 Å². The number of halogens is 3. The van der Waals surface area contributed by atoms with Crippen LogP contribution < -0.4 is 4.90 Å². The maximum absolute atomic E-state index is 12.8. The number of amides is 2. The summed E-state index contributed by atoms with van der Waals surface area (Å²) in [5, 5.41) is 10.6. The molecule has 0 fully saturated rings. The second kappa shape index (κ2) is 4.44. The van der Waals surface area contributed by atoms with Gasteiger partial charge in [-0.25, -0.2) is 4.90 Å². The lowest BCUT2D eigenvalue weighted by atomic mass is 10.1. The van der Waals surface area contributed by atoms with Crippen LogP contribution in [0.2, 0.25) is 0 Å². The first-order valence-corrected chi connectivity index (χ1v) is 5.13. The number of anilines is 1. The Labute approximate surface area is 109 Å². The van der Waals surface area contributed by atoms with Crippen LogP contribution in [0.5, 0.6) is 0 Å². The number of nitrogens with zero attached hydrogens (tertiary/aromatic N) is 2. The highest BCUT2D eigenvalue weighted by Gasteiger charge is 2.39. The van der Waals surface area contributed by atoms with Crippen molar-refractivity contribution in [1.29, 1.82) is 0 Å². The highest BCUT2D eigenvalue weighted by Crippen LogP contribution is 2.38. The standard InChI is InChI=1S/C11H5F3N2O4/c12-11(13,14)7-5-6(1-2-8(7)16(19)20)15-9(17)3-4-10(15)18/h1-5H. The predicted molar refractivity (Wildman–Crippen MR) is 59.7 cm³/mol. The summed E-state index contributed by atoms with van der Waals surface area (Å²) >= 11 is 0. The van der Waals surface area contributed by atoms with Crippen molar-refractivity contribution < 1.29 is 27.7 Å². The van der Waals surface area contributed by atoms with Crippen LogP contribution in [0.25, 0.3) is 0 Å². The zero-order valence-electron chi connectivity index (χ0n) is 9.55. The molecule has 1 aliphatic heterocycles. The number of benzene rings is 1. The Morgan fingerprint density at radius 2 is 1.65 bits per heavy atom. The lowest BCUT2D eigenvalue weighted by Crippen LogP contribution is -2.29. The number of carbonyl (C=O) groups excluding carboxylic acids is 2. The van der Waals surface area contributed by atoms with Gasteiger partial charge in [0, 0.05) is 18.2 Å². The van der Waals surface area contributed by atoms with Gasteiger partial charge in [0.05, 0.1) is 10.6 Å². The molecule has 0 radical (unpaired) electrons. The molecule has 0 atom stereocenters. The van der Waals surface area contributed by atoms with Crippen molar-refractivity contribution in [2.24, 2.45) is 0 Å². The van der Waals surface area contributed by atoms with Gasteiger partial charge in [0.15, 0.2) is 0 Å². The molecule has 1 aromatic rings. The van der Waals surface area contributed by atoms with E-state index in [1.807, 2.05) is 0 Å². The Morgan fingerprint density at radius 3 is 2.10 bits per heavy atom. The summed E-state index contributed by atoms with van der Waals surface area (Å²) in [5.41, 5.74) is -3.04. The number of imide groups is 1. The Hall–Kier alpha value is -2.71. The Morgan fingerprint density at radius 1 is 1.10 bits per heavy atom. The van der Waals surface area contributed by atoms with Gasteiger partial charge in [-0.05, 0) is 12.1 Å². The Kier molecular flexibility index (Phi) is 3.04. The summed E-state index contributed by atoms with van der Waals surface area (Å²) < 4.78 is 38.3. The summed E-state index contributed by atoms with van der Waals surface area (Å²) in [6.07, 6.45) is -3.17. The van der Waals surface area contributed by atoms with Crippen LogP contribution in [-0.4, -0.2) is 16.7 Å². The SMILES string of the molecule is O=C1C=CC(=O)N1c1ccc([N+](=O)[O-])c(C(F)(F)F)c1. The molecule has 0 saturated heterocycles. The smallest absolute Gasteiger partial charge is 0.269 e. The van der Waals surface area contributed by atoms with Gasteiger partial charge in [-0.15, -0.1) is 0 Å². The fourth-order valence-corrected chi connectivity index (χ4v) is 1.70. The topological polar surface area (TPSA) is 80.5 Å². The molecule has 0 saturated carbocycles. The number of rotatable bonds is 2. The predicted octanol–water partition coefficient (Wildman–Crippen LogP) is 2.04. The number of hydrogen-bond donors (Lipinski definition) is 0. The Bertz CT molecular complexity index is 634. The first kappa shape index (κ1) is 13.7. The lowest BCUT2D eigenvalue weighted by Gasteiger charge is -2.16. The quantitative estimate of drug-likeness (QED) is 0.473. The molecule has 1 heterocycles. The van der Waals surface area contributed by atoms with Crippen LogP contribution >= 0.6 is 0 Å². The molecule has 0 bridgehead atoms. The van der Waals surface area contributed by atoms with Gasteiger partial charge in [-0.3, -0.25) is 19.7 Å². The fourth-order valence-electron chi connectivity index (χ4n) is 1.70. The third kappa shape index (κ3) is 2.25. The summed E-state index contributed by atoms with van der Waals surface area (Å²) in [4.78, 5) is 32.6. The molecular weight excluding hydrogens is 281 g/mol. The molecule has 6 nitrogen and oxygen atoms in total. The molecule has 2 amide bonds. The zero-order valence-corrected chi connectivity index (χ0v) is 9.55. The Balaban J connectivity index is 2.56. The van der Waals surface area contributed by atoms with E-state index in [1.54, 1.807) is 0 Å². The van der Waals surface area contributed by atoms with Gasteiger partial charge in [-0.1, -0.05) is 0 Å². The van der Waals surface area contributed by atoms with Gasteiger partial charge < -0.3 is 0 Å². The van der Waals surface area contributed by atoms with Crippen LogP contribution in [-0.2, 0) is 15.8 Å². The van der Waals surface area contributed by atoms with E-state index in [0.717, 1.165) is 18.2 Å². The largest absolute Gasteiger partial charge is 0.423 e. The van der Waals surface area contributed by atoms with E-state index in [2.05, 4.69) is 0 Å². The molecule has 0 aliphatic carbocycles. The fraction of sp³-hybridized carbons (Fsp3) is 0.0909. The first-order valence-electron chi connectivity index (χ1n) is 5.13. The minimum atomic E-state index is -4.97. The molecule has 0 unspecified atom stereocenters. The summed E-state index contributed by atoms with van der Waals surface area (Å²) in [6.45, 7) is 0. The summed E-state index contributed by atoms with van der Waals surface area (Å²) in [7, 11) is 0. The van der Waals surface area contributed by atoms with Gasteiger partial charge in [0.2, 0.25) is 0 Å². The maximum Gasteiger partial charge on any atom is 0.423 e. The van der Waals surface area contributed by atoms with Gasteiger partial charge in [0.25, 0.3) is 17.5 Å². The monoisotopic (exact) mass is 286 g/mol. The summed E-state index contributed by atoms with van der Waals surface area (Å²) in [5.74, 6) is -1.62. The van der Waals surface area contributed by atoms with E-state index in [9.17, 15) is 32.9 Å². The van der Waals surface area contributed by atoms with Crippen LogP contribution in [0.4, 0.5) is 24.5 Å². The lowest BCUT2D eigenvalue weighted by molar-refractivity contribution is -0.388. The number of carbonyl (C=O) groups is 2. The van der Waals surface area contributed by atoms with E-state index < -0.39 is 34.2 Å². The van der Waals surface area contributed by atoms with Crippen molar-refractivity contribution in [2.45, 2.75) is 6.18 Å². The number of nitro benzene ring substituents is 1. The van der Waals surface area contributed by atoms with E-state index in [4.69, 9.17) is 0 Å². The van der Waals surface area contributed by atoms with E-state index in [-0.39, 0.29) is 5.69 Å². The van der Waals surface area contributed by atoms with Crippen LogP contribution in [0.1, 0.15) is 5.56 Å². The second-order valence-corrected chi connectivity index (χ2v) is 3.80. The minimum absolute atomic E-state index is 0.372. The molecule has 20 heavy (non-hydrogen) atoms. The summed E-state index contributed by atoms with van der Waals surface area (Å²) in [6, 6.07) is 1.92. The minimum Gasteiger partial charge on any atom is -0.269 e. The van der Waals surface area contributed by atoms with Gasteiger partial charge >= 0.3 is 6.18 Å². The normalized spacial score (nSPS) is 15.1. The maximum atomic E-state index is 12.8. The molecule has 2 rings (SSSR count). The molecule has 0 N–H and O–H groups in total. The average molecular weight is 286 g/mol. The first-order chi connectivity index (χ1) is 9.21. The van der Waals surface area contributed by atoms with Crippen LogP contribution in [0, 0.1) is 10.1 Å². The number of hydrogen-bond acceptors (Lipinski definition) is 4. The number of nitro groups is 1. The van der Waals surface area contributed by atoms with Crippen molar-refractivity contribution in [3.63, 3.8) is 0 Å². The molecule has 0 aromatic heterocycles. The van der Waals surface area contributed by atoms with E-state index in [1.165, 1.54) is 0 Å². The second-order valence-electron chi connectivity index (χ2n) is 3.80. The van der Waals surface area contributed by atoms with Crippen molar-refractivity contribution in [1.82, 2.24) is 0 Å². The molecular formula is C11H5F3N2O4. The van der Waals surface area contributed by atoms with E-state index >= 15 is 0 Å². The molecule has 1 aromatic carbocycles. The molecule has 0 spiro atoms. The average Bonchev–Trinajstić information content (AvgIpc) is 2.67. The highest BCUT2D eigenvalue weighted by molar-refractivity contribution is 6.28. The van der Waals surface area contributed by atoms with Crippen molar-refractivity contribution in [2.75, 3.05) is 4.90 Å². The molecule has 9 heteroatoms. The van der Waals surface area contributed by atoms with Gasteiger partial charge in [-0.2, -0.15) is 13.2 Å². The van der Waals surface area contributed by atoms with Crippen molar-refractivity contribution in [3.8, 4) is 0 Å². The van der Waals surface area contributed by atoms with Crippen LogP contribution in [0.3, 0.4) is 0 Å². The molecule has 104 valence electrons. The number of alkyl halides is 3. The van der Waals surface area contributed by atoms with E-state index in [0.29, 0.717) is 17.0 Å². The third-order valence-corrected chi connectivity index (χ3v) is 2.55.